The number of imidazole rings is 1. The van der Waals surface area contributed by atoms with Crippen molar-refractivity contribution in [3.8, 4) is 0 Å². The largest absolute Gasteiger partial charge is 0.345 e. The Hall–Kier alpha value is -3.72. The standard InChI is InChI=1S/C23H21FN4O3S/c1-15-7-12-18(32(30,31)27-17-10-8-16(24)9-11-17)13-19(15)23(29)25-14-22-26-20-5-3-4-6-21(20)28(22)2/h3-13,27H,14H2,1-2H3,(H,25,29). The quantitative estimate of drug-likeness (QED) is 0.466. The van der Waals surface area contributed by atoms with Crippen LogP contribution in [0.4, 0.5) is 10.1 Å². The van der Waals surface area contributed by atoms with E-state index in [2.05, 4.69) is 15.0 Å². The average Bonchev–Trinajstić information content (AvgIpc) is 3.09. The summed E-state index contributed by atoms with van der Waals surface area (Å²) in [4.78, 5) is 17.3. The first-order chi connectivity index (χ1) is 15.2. The fourth-order valence-corrected chi connectivity index (χ4v) is 4.44. The van der Waals surface area contributed by atoms with Crippen molar-refractivity contribution < 1.29 is 17.6 Å². The maximum Gasteiger partial charge on any atom is 0.261 e. The lowest BCUT2D eigenvalue weighted by atomic mass is 10.1. The van der Waals surface area contributed by atoms with Crippen LogP contribution < -0.4 is 10.0 Å². The van der Waals surface area contributed by atoms with Gasteiger partial charge in [-0.1, -0.05) is 18.2 Å². The van der Waals surface area contributed by atoms with Gasteiger partial charge in [0, 0.05) is 18.3 Å². The molecular weight excluding hydrogens is 431 g/mol. The highest BCUT2D eigenvalue weighted by atomic mass is 32.2. The molecule has 0 aliphatic heterocycles. The summed E-state index contributed by atoms with van der Waals surface area (Å²) in [7, 11) is -2.09. The monoisotopic (exact) mass is 452 g/mol. The van der Waals surface area contributed by atoms with Crippen LogP contribution in [0.5, 0.6) is 0 Å². The highest BCUT2D eigenvalue weighted by Gasteiger charge is 2.19. The lowest BCUT2D eigenvalue weighted by Crippen LogP contribution is -2.25. The molecule has 0 unspecified atom stereocenters. The Bertz CT molecular complexity index is 1410. The maximum atomic E-state index is 13.1. The van der Waals surface area contributed by atoms with E-state index in [9.17, 15) is 17.6 Å². The molecule has 0 radical (unpaired) electrons. The highest BCUT2D eigenvalue weighted by Crippen LogP contribution is 2.20. The van der Waals surface area contributed by atoms with Crippen LogP contribution in [0.1, 0.15) is 21.7 Å². The zero-order chi connectivity index (χ0) is 22.9. The Balaban J connectivity index is 1.54. The zero-order valence-corrected chi connectivity index (χ0v) is 18.3. The van der Waals surface area contributed by atoms with E-state index in [0.717, 1.165) is 23.2 Å². The lowest BCUT2D eigenvalue weighted by Gasteiger charge is -2.12. The fourth-order valence-electron chi connectivity index (χ4n) is 3.35. The van der Waals surface area contributed by atoms with Crippen LogP contribution in [0.2, 0.25) is 0 Å². The Kier molecular flexibility index (Phi) is 5.67. The third-order valence-electron chi connectivity index (χ3n) is 5.15. The molecule has 1 aromatic heterocycles. The molecule has 0 saturated heterocycles. The lowest BCUT2D eigenvalue weighted by molar-refractivity contribution is 0.0949. The molecule has 3 aromatic carbocycles. The summed E-state index contributed by atoms with van der Waals surface area (Å²) in [6.07, 6.45) is 0. The van der Waals surface area contributed by atoms with Crippen LogP contribution in [0, 0.1) is 12.7 Å². The minimum atomic E-state index is -3.96. The van der Waals surface area contributed by atoms with E-state index in [0.29, 0.717) is 11.4 Å². The molecule has 4 aromatic rings. The molecule has 1 heterocycles. The number of benzene rings is 3. The van der Waals surface area contributed by atoms with E-state index in [1.54, 1.807) is 13.0 Å². The van der Waals surface area contributed by atoms with Crippen LogP contribution in [0.15, 0.2) is 71.6 Å². The zero-order valence-electron chi connectivity index (χ0n) is 17.5. The molecule has 4 rings (SSSR count). The van der Waals surface area contributed by atoms with Crippen molar-refractivity contribution in [2.24, 2.45) is 7.05 Å². The molecule has 0 aliphatic rings. The molecule has 9 heteroatoms. The number of nitrogens with one attached hydrogen (secondary N) is 2. The number of hydrogen-bond donors (Lipinski definition) is 2. The average molecular weight is 453 g/mol. The SMILES string of the molecule is Cc1ccc(S(=O)(=O)Nc2ccc(F)cc2)cc1C(=O)NCc1nc2ccccc2n1C. The molecule has 164 valence electrons. The van der Waals surface area contributed by atoms with Crippen molar-refractivity contribution in [1.82, 2.24) is 14.9 Å². The van der Waals surface area contributed by atoms with Gasteiger partial charge in [0.1, 0.15) is 11.6 Å². The summed E-state index contributed by atoms with van der Waals surface area (Å²) < 4.78 is 42.9. The van der Waals surface area contributed by atoms with Gasteiger partial charge in [-0.2, -0.15) is 0 Å². The first-order valence-corrected chi connectivity index (χ1v) is 11.3. The van der Waals surface area contributed by atoms with Gasteiger partial charge in [0.15, 0.2) is 0 Å². The molecule has 0 fully saturated rings. The van der Waals surface area contributed by atoms with Crippen LogP contribution in [0.25, 0.3) is 11.0 Å². The Labute approximate surface area is 185 Å². The van der Waals surface area contributed by atoms with E-state index in [1.807, 2.05) is 35.9 Å². The first-order valence-electron chi connectivity index (χ1n) is 9.82. The number of aromatic nitrogens is 2. The predicted molar refractivity (Wildman–Crippen MR) is 120 cm³/mol. The summed E-state index contributed by atoms with van der Waals surface area (Å²) in [6, 6.07) is 16.9. The van der Waals surface area contributed by atoms with Crippen molar-refractivity contribution >= 4 is 32.7 Å². The Morgan fingerprint density at radius 2 is 1.78 bits per heavy atom. The second-order valence-electron chi connectivity index (χ2n) is 7.35. The fraction of sp³-hybridized carbons (Fsp3) is 0.130. The molecule has 0 saturated carbocycles. The molecule has 0 atom stereocenters. The summed E-state index contributed by atoms with van der Waals surface area (Å²) in [5.41, 5.74) is 2.88. The van der Waals surface area contributed by atoms with Gasteiger partial charge in [0.2, 0.25) is 0 Å². The van der Waals surface area contributed by atoms with Crippen LogP contribution >= 0.6 is 0 Å². The molecule has 0 bridgehead atoms. The molecule has 32 heavy (non-hydrogen) atoms. The van der Waals surface area contributed by atoms with Crippen LogP contribution in [-0.4, -0.2) is 23.9 Å². The Morgan fingerprint density at radius 3 is 2.50 bits per heavy atom. The molecule has 0 aliphatic carbocycles. The number of amides is 1. The number of aryl methyl sites for hydroxylation is 2. The van der Waals surface area contributed by atoms with Crippen molar-refractivity contribution in [1.29, 1.82) is 0 Å². The van der Waals surface area contributed by atoms with Gasteiger partial charge in [0.05, 0.1) is 22.5 Å². The summed E-state index contributed by atoms with van der Waals surface area (Å²) in [5, 5.41) is 2.81. The van der Waals surface area contributed by atoms with Crippen LogP contribution in [-0.2, 0) is 23.6 Å². The number of para-hydroxylation sites is 2. The molecule has 2 N–H and O–H groups in total. The summed E-state index contributed by atoms with van der Waals surface area (Å²) in [5.74, 6) is -0.199. The van der Waals surface area contributed by atoms with Gasteiger partial charge in [-0.3, -0.25) is 9.52 Å². The maximum absolute atomic E-state index is 13.1. The number of rotatable bonds is 6. The highest BCUT2D eigenvalue weighted by molar-refractivity contribution is 7.92. The van der Waals surface area contributed by atoms with Crippen molar-refractivity contribution in [2.45, 2.75) is 18.4 Å². The third-order valence-corrected chi connectivity index (χ3v) is 6.53. The van der Waals surface area contributed by atoms with Crippen molar-refractivity contribution in [2.75, 3.05) is 4.72 Å². The minimum Gasteiger partial charge on any atom is -0.345 e. The normalized spacial score (nSPS) is 11.5. The van der Waals surface area contributed by atoms with Gasteiger partial charge in [-0.15, -0.1) is 0 Å². The number of carbonyl (C=O) groups excluding carboxylic acids is 1. The van der Waals surface area contributed by atoms with Gasteiger partial charge in [-0.25, -0.2) is 17.8 Å². The van der Waals surface area contributed by atoms with Gasteiger partial charge >= 0.3 is 0 Å². The van der Waals surface area contributed by atoms with Gasteiger partial charge < -0.3 is 9.88 Å². The third kappa shape index (κ3) is 4.33. The number of anilines is 1. The second kappa shape index (κ2) is 8.43. The van der Waals surface area contributed by atoms with Crippen molar-refractivity contribution in [3.05, 3.63) is 89.5 Å². The predicted octanol–water partition coefficient (Wildman–Crippen LogP) is 3.75. The van der Waals surface area contributed by atoms with Gasteiger partial charge in [0.25, 0.3) is 15.9 Å². The van der Waals surface area contributed by atoms with E-state index < -0.39 is 21.7 Å². The second-order valence-corrected chi connectivity index (χ2v) is 9.03. The number of hydrogen-bond acceptors (Lipinski definition) is 4. The van der Waals surface area contributed by atoms with E-state index in [-0.39, 0.29) is 22.7 Å². The molecule has 1 amide bonds. The molecule has 0 spiro atoms. The topological polar surface area (TPSA) is 93.1 Å². The smallest absolute Gasteiger partial charge is 0.261 e. The Morgan fingerprint density at radius 1 is 1.06 bits per heavy atom. The van der Waals surface area contributed by atoms with Crippen LogP contribution in [0.3, 0.4) is 0 Å². The number of nitrogens with zero attached hydrogens (tertiary/aromatic N) is 2. The van der Waals surface area contributed by atoms with Crippen molar-refractivity contribution in [3.63, 3.8) is 0 Å². The van der Waals surface area contributed by atoms with E-state index in [1.165, 1.54) is 24.3 Å². The first kappa shape index (κ1) is 21.5. The molecular formula is C23H21FN4O3S. The number of halogens is 1. The van der Waals surface area contributed by atoms with E-state index >= 15 is 0 Å². The summed E-state index contributed by atoms with van der Waals surface area (Å²) >= 11 is 0. The molecule has 7 nitrogen and oxygen atoms in total. The number of carbonyl (C=O) groups is 1. The number of fused-ring (bicyclic) bond motifs is 1. The van der Waals surface area contributed by atoms with Gasteiger partial charge in [-0.05, 0) is 61.0 Å². The van der Waals surface area contributed by atoms with E-state index in [4.69, 9.17) is 0 Å². The summed E-state index contributed by atoms with van der Waals surface area (Å²) in [6.45, 7) is 1.92. The minimum absolute atomic E-state index is 0.0692. The number of sulfonamides is 1.